The van der Waals surface area contributed by atoms with Crippen molar-refractivity contribution >= 4 is 33.3 Å². The molecule has 0 aromatic carbocycles. The van der Waals surface area contributed by atoms with Crippen LogP contribution in [0.2, 0.25) is 0 Å². The molecule has 1 aliphatic rings. The Bertz CT molecular complexity index is 602. The molecule has 0 radical (unpaired) electrons. The van der Waals surface area contributed by atoms with Crippen LogP contribution in [-0.2, 0) is 6.42 Å². The van der Waals surface area contributed by atoms with Gasteiger partial charge in [0.05, 0.1) is 5.39 Å². The lowest BCUT2D eigenvalue weighted by Crippen LogP contribution is -2.45. The van der Waals surface area contributed by atoms with Crippen LogP contribution in [0, 0.1) is 0 Å². The summed E-state index contributed by atoms with van der Waals surface area (Å²) in [6.45, 7) is 6.26. The van der Waals surface area contributed by atoms with E-state index in [1.165, 1.54) is 4.88 Å². The van der Waals surface area contributed by atoms with E-state index in [0.29, 0.717) is 5.95 Å². The van der Waals surface area contributed by atoms with Crippen molar-refractivity contribution in [3.05, 3.63) is 10.9 Å². The fourth-order valence-corrected chi connectivity index (χ4v) is 3.42. The molecule has 0 saturated carbocycles. The number of nitrogens with two attached hydrogens (primary N) is 1. The first-order chi connectivity index (χ1) is 9.71. The van der Waals surface area contributed by atoms with E-state index in [1.807, 2.05) is 0 Å². The maximum atomic E-state index is 5.50. The largest absolute Gasteiger partial charge is 0.353 e. The molecule has 2 aromatic rings. The van der Waals surface area contributed by atoms with E-state index in [2.05, 4.69) is 45.2 Å². The van der Waals surface area contributed by atoms with E-state index in [0.717, 1.165) is 48.6 Å². The minimum Gasteiger partial charge on any atom is -0.353 e. The topological polar surface area (TPSA) is 70.3 Å². The highest BCUT2D eigenvalue weighted by Crippen LogP contribution is 2.32. The Hall–Kier alpha value is -1.44. The molecule has 1 aliphatic heterocycles. The van der Waals surface area contributed by atoms with Crippen molar-refractivity contribution in [2.75, 3.05) is 43.6 Å². The predicted octanol–water partition coefficient (Wildman–Crippen LogP) is 1.29. The van der Waals surface area contributed by atoms with Crippen molar-refractivity contribution in [2.45, 2.75) is 13.3 Å². The molecule has 108 valence electrons. The summed E-state index contributed by atoms with van der Waals surface area (Å²) in [5, 5.41) is 1.15. The number of aromatic nitrogens is 2. The lowest BCUT2D eigenvalue weighted by molar-refractivity contribution is 0.312. The Balaban J connectivity index is 2.05. The van der Waals surface area contributed by atoms with E-state index in [-0.39, 0.29) is 0 Å². The van der Waals surface area contributed by atoms with Crippen molar-refractivity contribution in [3.8, 4) is 0 Å². The molecule has 20 heavy (non-hydrogen) atoms. The van der Waals surface area contributed by atoms with Gasteiger partial charge in [-0.05, 0) is 19.5 Å². The average Bonchev–Trinajstić information content (AvgIpc) is 2.90. The average molecular weight is 292 g/mol. The molecular formula is C13H20N6S. The van der Waals surface area contributed by atoms with Gasteiger partial charge >= 0.3 is 0 Å². The number of fused-ring (bicyclic) bond motifs is 1. The van der Waals surface area contributed by atoms with Crippen LogP contribution >= 0.6 is 11.3 Å². The first-order valence-electron chi connectivity index (χ1n) is 6.92. The maximum Gasteiger partial charge on any atom is 0.240 e. The third-order valence-corrected chi connectivity index (χ3v) is 4.88. The first kappa shape index (κ1) is 13.5. The monoisotopic (exact) mass is 292 g/mol. The van der Waals surface area contributed by atoms with Crippen molar-refractivity contribution in [2.24, 2.45) is 5.84 Å². The summed E-state index contributed by atoms with van der Waals surface area (Å²) >= 11 is 1.72. The van der Waals surface area contributed by atoms with Crippen molar-refractivity contribution in [3.63, 3.8) is 0 Å². The summed E-state index contributed by atoms with van der Waals surface area (Å²) < 4.78 is 0. The predicted molar refractivity (Wildman–Crippen MR) is 84.3 cm³/mol. The number of thiophene rings is 1. The molecule has 0 bridgehead atoms. The lowest BCUT2D eigenvalue weighted by atomic mass is 10.2. The summed E-state index contributed by atoms with van der Waals surface area (Å²) in [5.41, 5.74) is 2.58. The van der Waals surface area contributed by atoms with E-state index in [4.69, 9.17) is 5.84 Å². The second-order valence-electron chi connectivity index (χ2n) is 5.09. The Kier molecular flexibility index (Phi) is 3.73. The Morgan fingerprint density at radius 3 is 2.70 bits per heavy atom. The van der Waals surface area contributed by atoms with Gasteiger partial charge in [0, 0.05) is 31.1 Å². The molecule has 7 heteroatoms. The van der Waals surface area contributed by atoms with E-state index in [1.54, 1.807) is 11.3 Å². The Morgan fingerprint density at radius 1 is 1.30 bits per heavy atom. The van der Waals surface area contributed by atoms with Gasteiger partial charge in [-0.1, -0.05) is 6.92 Å². The highest BCUT2D eigenvalue weighted by molar-refractivity contribution is 7.18. The van der Waals surface area contributed by atoms with Crippen LogP contribution < -0.4 is 16.2 Å². The number of likely N-dealkylation sites (N-methyl/N-ethyl adjacent to an activating group) is 1. The van der Waals surface area contributed by atoms with Crippen LogP contribution in [-0.4, -0.2) is 48.1 Å². The quantitative estimate of drug-likeness (QED) is 0.656. The van der Waals surface area contributed by atoms with E-state index < -0.39 is 0 Å². The second kappa shape index (κ2) is 5.51. The molecule has 3 N–H and O–H groups in total. The van der Waals surface area contributed by atoms with Crippen molar-refractivity contribution in [1.29, 1.82) is 0 Å². The minimum atomic E-state index is 0.496. The van der Waals surface area contributed by atoms with Crippen LogP contribution in [0.5, 0.6) is 0 Å². The van der Waals surface area contributed by atoms with Gasteiger partial charge in [-0.3, -0.25) is 5.43 Å². The molecule has 0 spiro atoms. The van der Waals surface area contributed by atoms with Gasteiger partial charge in [0.25, 0.3) is 0 Å². The zero-order chi connectivity index (χ0) is 14.1. The zero-order valence-electron chi connectivity index (χ0n) is 11.9. The van der Waals surface area contributed by atoms with Crippen LogP contribution in [0.3, 0.4) is 0 Å². The van der Waals surface area contributed by atoms with E-state index in [9.17, 15) is 0 Å². The highest BCUT2D eigenvalue weighted by Gasteiger charge is 2.20. The number of hydrogen-bond donors (Lipinski definition) is 2. The van der Waals surface area contributed by atoms with E-state index >= 15 is 0 Å². The molecular weight excluding hydrogens is 272 g/mol. The molecule has 0 atom stereocenters. The lowest BCUT2D eigenvalue weighted by Gasteiger charge is -2.33. The summed E-state index contributed by atoms with van der Waals surface area (Å²) in [7, 11) is 2.15. The highest BCUT2D eigenvalue weighted by atomic mass is 32.1. The number of nitrogens with one attached hydrogen (secondary N) is 1. The number of anilines is 2. The number of hydrogen-bond acceptors (Lipinski definition) is 7. The molecule has 0 unspecified atom stereocenters. The molecule has 0 aliphatic carbocycles. The van der Waals surface area contributed by atoms with Gasteiger partial charge in [-0.2, -0.15) is 4.98 Å². The van der Waals surface area contributed by atoms with Crippen LogP contribution in [0.4, 0.5) is 11.8 Å². The number of hydrazine groups is 1. The van der Waals surface area contributed by atoms with Gasteiger partial charge < -0.3 is 9.80 Å². The number of nitrogens with zero attached hydrogens (tertiary/aromatic N) is 4. The number of rotatable bonds is 3. The third kappa shape index (κ3) is 2.44. The second-order valence-corrected chi connectivity index (χ2v) is 6.21. The Morgan fingerprint density at radius 2 is 2.05 bits per heavy atom. The van der Waals surface area contributed by atoms with Gasteiger partial charge in [0.15, 0.2) is 0 Å². The standard InChI is InChI=1S/C13H20N6S/c1-3-9-8-10-11(19-6-4-18(2)5-7-19)15-13(17-14)16-12(10)20-9/h8H,3-7,14H2,1-2H3,(H,15,16,17). The smallest absolute Gasteiger partial charge is 0.240 e. The fraction of sp³-hybridized carbons (Fsp3) is 0.538. The van der Waals surface area contributed by atoms with Crippen LogP contribution in [0.15, 0.2) is 6.07 Å². The zero-order valence-corrected chi connectivity index (χ0v) is 12.7. The number of nitrogen functional groups attached to an aromatic ring is 1. The van der Waals surface area contributed by atoms with Gasteiger partial charge in [0.1, 0.15) is 10.6 Å². The van der Waals surface area contributed by atoms with Crippen molar-refractivity contribution in [1.82, 2.24) is 14.9 Å². The van der Waals surface area contributed by atoms with Gasteiger partial charge in [-0.15, -0.1) is 11.3 Å². The third-order valence-electron chi connectivity index (χ3n) is 3.70. The van der Waals surface area contributed by atoms with Crippen molar-refractivity contribution < 1.29 is 0 Å². The normalized spacial score (nSPS) is 16.9. The SMILES string of the molecule is CCc1cc2c(N3CCN(C)CC3)nc(NN)nc2s1. The molecule has 0 amide bonds. The summed E-state index contributed by atoms with van der Waals surface area (Å²) in [4.78, 5) is 16.1. The molecule has 6 nitrogen and oxygen atoms in total. The molecule has 1 fully saturated rings. The minimum absolute atomic E-state index is 0.496. The molecule has 1 saturated heterocycles. The summed E-state index contributed by atoms with van der Waals surface area (Å²) in [6, 6.07) is 2.22. The molecule has 2 aromatic heterocycles. The number of aryl methyl sites for hydroxylation is 1. The number of piperazine rings is 1. The maximum absolute atomic E-state index is 5.50. The molecule has 3 heterocycles. The van der Waals surface area contributed by atoms with Gasteiger partial charge in [-0.25, -0.2) is 10.8 Å². The molecule has 3 rings (SSSR count). The van der Waals surface area contributed by atoms with Gasteiger partial charge in [0.2, 0.25) is 5.95 Å². The Labute approximate surface area is 122 Å². The fourth-order valence-electron chi connectivity index (χ4n) is 2.45. The summed E-state index contributed by atoms with van der Waals surface area (Å²) in [6.07, 6.45) is 1.02. The van der Waals surface area contributed by atoms with Crippen LogP contribution in [0.1, 0.15) is 11.8 Å². The summed E-state index contributed by atoms with van der Waals surface area (Å²) in [5.74, 6) is 7.01. The van der Waals surface area contributed by atoms with Crippen LogP contribution in [0.25, 0.3) is 10.2 Å². The first-order valence-corrected chi connectivity index (χ1v) is 7.73.